The molecule has 1 unspecified atom stereocenters. The number of aryl methyl sites for hydroxylation is 2. The summed E-state index contributed by atoms with van der Waals surface area (Å²) >= 11 is 0. The standard InChI is InChI=1S/C28H26F3N5O3.C2H6/c1-14-7-10-20(19(29)11-14)33-24-22-23(15(2)25(37)34(24)3)35(27(39)36(26(22)38)17-8-9-17)18-6-4-5-16(12-18)32-21-13-28(21,30)31;1-2/h4-7,10-12,17,21,32-33H,8-9,13H2,1-3H3;1-2H3. The van der Waals surface area contributed by atoms with Gasteiger partial charge in [-0.05, 0) is 62.6 Å². The highest BCUT2D eigenvalue weighted by atomic mass is 19.3. The summed E-state index contributed by atoms with van der Waals surface area (Å²) in [5.41, 5.74) is -0.0445. The molecule has 2 fully saturated rings. The van der Waals surface area contributed by atoms with Crippen LogP contribution >= 0.6 is 0 Å². The molecular formula is C30H32F3N5O3. The third-order valence-electron chi connectivity index (χ3n) is 7.40. The van der Waals surface area contributed by atoms with Gasteiger partial charge in [-0.15, -0.1) is 0 Å². The van der Waals surface area contributed by atoms with Gasteiger partial charge in [0.1, 0.15) is 17.0 Å². The van der Waals surface area contributed by atoms with E-state index in [1.54, 1.807) is 37.3 Å². The molecule has 2 aliphatic rings. The van der Waals surface area contributed by atoms with Crippen molar-refractivity contribution in [3.63, 3.8) is 0 Å². The Bertz CT molecular complexity index is 1850. The first kappa shape index (κ1) is 28.3. The quantitative estimate of drug-likeness (QED) is 0.320. The van der Waals surface area contributed by atoms with Crippen molar-refractivity contribution in [2.45, 2.75) is 65.0 Å². The Labute approximate surface area is 234 Å². The normalized spacial score (nSPS) is 17.1. The van der Waals surface area contributed by atoms with Crippen molar-refractivity contribution in [3.8, 4) is 5.69 Å². The molecule has 2 aromatic heterocycles. The number of hydrogen-bond donors (Lipinski definition) is 2. The van der Waals surface area contributed by atoms with Gasteiger partial charge in [-0.25, -0.2) is 18.0 Å². The third kappa shape index (κ3) is 4.93. The second-order valence-electron chi connectivity index (χ2n) is 10.4. The van der Waals surface area contributed by atoms with Crippen molar-refractivity contribution < 1.29 is 13.2 Å². The van der Waals surface area contributed by atoms with Gasteiger partial charge in [0, 0.05) is 30.8 Å². The highest BCUT2D eigenvalue weighted by Gasteiger charge is 2.57. The lowest BCUT2D eigenvalue weighted by Gasteiger charge is -2.21. The highest BCUT2D eigenvalue weighted by molar-refractivity contribution is 5.93. The van der Waals surface area contributed by atoms with Crippen LogP contribution in [0, 0.1) is 19.7 Å². The summed E-state index contributed by atoms with van der Waals surface area (Å²) in [6, 6.07) is 9.60. The van der Waals surface area contributed by atoms with Crippen molar-refractivity contribution in [2.75, 3.05) is 10.6 Å². The van der Waals surface area contributed by atoms with Crippen LogP contribution in [0.5, 0.6) is 0 Å². The molecule has 0 amide bonds. The smallest absolute Gasteiger partial charge is 0.336 e. The number of nitrogens with zero attached hydrogens (tertiary/aromatic N) is 3. The van der Waals surface area contributed by atoms with E-state index in [4.69, 9.17) is 0 Å². The largest absolute Gasteiger partial charge is 0.376 e. The zero-order valence-corrected chi connectivity index (χ0v) is 23.5. The van der Waals surface area contributed by atoms with Gasteiger partial charge in [0.2, 0.25) is 0 Å². The van der Waals surface area contributed by atoms with Crippen LogP contribution < -0.4 is 27.4 Å². The minimum atomic E-state index is -2.80. The molecule has 0 aliphatic heterocycles. The molecule has 2 heterocycles. The van der Waals surface area contributed by atoms with E-state index in [0.29, 0.717) is 29.8 Å². The van der Waals surface area contributed by atoms with Crippen molar-refractivity contribution in [2.24, 2.45) is 7.05 Å². The molecule has 6 rings (SSSR count). The lowest BCUT2D eigenvalue weighted by atomic mass is 10.1. The number of pyridine rings is 1. The number of halogens is 3. The monoisotopic (exact) mass is 567 g/mol. The van der Waals surface area contributed by atoms with Gasteiger partial charge >= 0.3 is 5.69 Å². The maximum Gasteiger partial charge on any atom is 0.336 e. The van der Waals surface area contributed by atoms with Crippen LogP contribution in [0.2, 0.25) is 0 Å². The molecule has 216 valence electrons. The van der Waals surface area contributed by atoms with Gasteiger partial charge in [-0.1, -0.05) is 26.0 Å². The van der Waals surface area contributed by atoms with E-state index in [0.717, 1.165) is 4.57 Å². The molecule has 2 N–H and O–H groups in total. The summed E-state index contributed by atoms with van der Waals surface area (Å²) in [5, 5.41) is 5.75. The van der Waals surface area contributed by atoms with Crippen LogP contribution in [-0.2, 0) is 7.05 Å². The molecular weight excluding hydrogens is 535 g/mol. The average Bonchev–Trinajstić information content (AvgIpc) is 3.86. The van der Waals surface area contributed by atoms with Crippen LogP contribution in [0.3, 0.4) is 0 Å². The lowest BCUT2D eigenvalue weighted by Crippen LogP contribution is -2.41. The fourth-order valence-corrected chi connectivity index (χ4v) is 5.01. The Hall–Kier alpha value is -4.28. The zero-order valence-electron chi connectivity index (χ0n) is 23.5. The third-order valence-corrected chi connectivity index (χ3v) is 7.40. The molecule has 11 heteroatoms. The van der Waals surface area contributed by atoms with E-state index in [1.807, 2.05) is 13.8 Å². The van der Waals surface area contributed by atoms with Crippen molar-refractivity contribution in [3.05, 3.63) is 90.6 Å². The predicted molar refractivity (Wildman–Crippen MR) is 155 cm³/mol. The Morgan fingerprint density at radius 2 is 1.66 bits per heavy atom. The number of alkyl halides is 2. The molecule has 2 aliphatic carbocycles. The lowest BCUT2D eigenvalue weighted by molar-refractivity contribution is 0.115. The highest BCUT2D eigenvalue weighted by Crippen LogP contribution is 2.44. The molecule has 0 saturated heterocycles. The van der Waals surface area contributed by atoms with Gasteiger partial charge in [0.15, 0.2) is 0 Å². The predicted octanol–water partition coefficient (Wildman–Crippen LogP) is 5.53. The summed E-state index contributed by atoms with van der Waals surface area (Å²) in [5.74, 6) is -3.32. The Balaban J connectivity index is 0.00000165. The number of aromatic nitrogens is 3. The topological polar surface area (TPSA) is 90.1 Å². The second-order valence-corrected chi connectivity index (χ2v) is 10.4. The molecule has 2 aromatic carbocycles. The van der Waals surface area contributed by atoms with Crippen LogP contribution in [-0.4, -0.2) is 25.7 Å². The first-order chi connectivity index (χ1) is 19.5. The van der Waals surface area contributed by atoms with E-state index in [-0.39, 0.29) is 40.4 Å². The maximum absolute atomic E-state index is 14.8. The molecule has 0 spiro atoms. The van der Waals surface area contributed by atoms with E-state index >= 15 is 0 Å². The number of benzene rings is 2. The minimum Gasteiger partial charge on any atom is -0.376 e. The number of nitrogens with one attached hydrogen (secondary N) is 2. The van der Waals surface area contributed by atoms with Crippen molar-refractivity contribution in [1.82, 2.24) is 13.7 Å². The molecule has 4 aromatic rings. The summed E-state index contributed by atoms with van der Waals surface area (Å²) in [4.78, 5) is 41.1. The summed E-state index contributed by atoms with van der Waals surface area (Å²) in [6.45, 7) is 7.26. The van der Waals surface area contributed by atoms with Crippen molar-refractivity contribution in [1.29, 1.82) is 0 Å². The molecule has 2 saturated carbocycles. The Morgan fingerprint density at radius 1 is 0.976 bits per heavy atom. The van der Waals surface area contributed by atoms with Crippen molar-refractivity contribution >= 4 is 28.1 Å². The molecule has 41 heavy (non-hydrogen) atoms. The summed E-state index contributed by atoms with van der Waals surface area (Å²) in [7, 11) is 1.47. The Kier molecular flexibility index (Phi) is 7.08. The van der Waals surface area contributed by atoms with Gasteiger partial charge in [0.05, 0.1) is 22.9 Å². The second kappa shape index (κ2) is 10.3. The zero-order chi connectivity index (χ0) is 29.8. The number of anilines is 3. The van der Waals surface area contributed by atoms with Crippen LogP contribution in [0.1, 0.15) is 50.3 Å². The van der Waals surface area contributed by atoms with E-state index < -0.39 is 34.6 Å². The number of fused-ring (bicyclic) bond motifs is 1. The van der Waals surface area contributed by atoms with Crippen LogP contribution in [0.25, 0.3) is 16.6 Å². The van der Waals surface area contributed by atoms with Gasteiger partial charge < -0.3 is 10.6 Å². The summed E-state index contributed by atoms with van der Waals surface area (Å²) in [6.07, 6.45) is 0.991. The first-order valence-electron chi connectivity index (χ1n) is 13.7. The van der Waals surface area contributed by atoms with Gasteiger partial charge in [0.25, 0.3) is 17.0 Å². The fraction of sp³-hybridized carbons (Fsp3) is 0.367. The minimum absolute atomic E-state index is 0.0448. The summed E-state index contributed by atoms with van der Waals surface area (Å²) < 4.78 is 45.6. The first-order valence-corrected chi connectivity index (χ1v) is 13.7. The van der Waals surface area contributed by atoms with Crippen LogP contribution in [0.15, 0.2) is 56.8 Å². The molecule has 1 atom stereocenters. The maximum atomic E-state index is 14.8. The van der Waals surface area contributed by atoms with E-state index in [1.165, 1.54) is 35.2 Å². The number of hydrogen-bond acceptors (Lipinski definition) is 5. The molecule has 0 radical (unpaired) electrons. The number of rotatable bonds is 6. The average molecular weight is 568 g/mol. The molecule has 0 bridgehead atoms. The molecule has 8 nitrogen and oxygen atoms in total. The fourth-order valence-electron chi connectivity index (χ4n) is 5.01. The SMILES string of the molecule is CC.Cc1ccc(Nc2c3c(=O)n(C4CC4)c(=O)n(-c4cccc(NC5CC5(F)F)c4)c3c(C)c(=O)n2C)c(F)c1. The van der Waals surface area contributed by atoms with E-state index in [2.05, 4.69) is 10.6 Å². The van der Waals surface area contributed by atoms with E-state index in [9.17, 15) is 27.6 Å². The Morgan fingerprint density at radius 3 is 2.27 bits per heavy atom. The van der Waals surface area contributed by atoms with Gasteiger partial charge in [-0.2, -0.15) is 0 Å². The van der Waals surface area contributed by atoms with Gasteiger partial charge in [-0.3, -0.25) is 23.3 Å². The van der Waals surface area contributed by atoms with Crippen LogP contribution in [0.4, 0.5) is 30.4 Å².